The molecule has 1 aliphatic rings. The van der Waals surface area contributed by atoms with Gasteiger partial charge in [-0.3, -0.25) is 4.79 Å². The number of hydrogen-bond donors (Lipinski definition) is 1. The van der Waals surface area contributed by atoms with E-state index in [1.165, 1.54) is 11.8 Å². The van der Waals surface area contributed by atoms with Crippen molar-refractivity contribution in [2.75, 3.05) is 18.9 Å². The largest absolute Gasteiger partial charge is 0.376 e. The molecular weight excluding hydrogens is 286 g/mol. The van der Waals surface area contributed by atoms with Crippen LogP contribution in [0.3, 0.4) is 0 Å². The van der Waals surface area contributed by atoms with Crippen LogP contribution in [0.2, 0.25) is 0 Å². The molecule has 1 aliphatic heterocycles. The zero-order valence-electron chi connectivity index (χ0n) is 12.3. The lowest BCUT2D eigenvalue weighted by molar-refractivity contribution is -0.119. The molecule has 2 rings (SSSR count). The average molecular weight is 305 g/mol. The quantitative estimate of drug-likeness (QED) is 0.842. The van der Waals surface area contributed by atoms with Gasteiger partial charge in [-0.15, -0.1) is 0 Å². The number of carbonyl (C=O) groups is 1. The van der Waals surface area contributed by atoms with Gasteiger partial charge in [0.1, 0.15) is 11.1 Å². The number of aryl methyl sites for hydroxylation is 2. The third-order valence-electron chi connectivity index (χ3n) is 3.31. The van der Waals surface area contributed by atoms with Crippen LogP contribution in [0.4, 0.5) is 0 Å². The number of pyridine rings is 1. The minimum Gasteiger partial charge on any atom is -0.376 e. The first-order valence-corrected chi connectivity index (χ1v) is 7.98. The van der Waals surface area contributed by atoms with E-state index >= 15 is 0 Å². The number of thioether (sulfide) groups is 1. The molecule has 6 heteroatoms. The van der Waals surface area contributed by atoms with E-state index in [0.29, 0.717) is 17.1 Å². The third kappa shape index (κ3) is 4.45. The summed E-state index contributed by atoms with van der Waals surface area (Å²) < 4.78 is 5.46. The Bertz CT molecular complexity index is 563. The summed E-state index contributed by atoms with van der Waals surface area (Å²) in [6.07, 6.45) is 2.21. The fourth-order valence-electron chi connectivity index (χ4n) is 2.26. The highest BCUT2D eigenvalue weighted by Gasteiger charge is 2.17. The molecule has 0 spiro atoms. The molecule has 2 heterocycles. The van der Waals surface area contributed by atoms with Gasteiger partial charge in [0.05, 0.1) is 17.4 Å². The molecule has 0 aromatic carbocycles. The highest BCUT2D eigenvalue weighted by atomic mass is 32.2. The normalized spacial score (nSPS) is 17.5. The Balaban J connectivity index is 1.87. The smallest absolute Gasteiger partial charge is 0.230 e. The molecule has 0 bridgehead atoms. The predicted molar refractivity (Wildman–Crippen MR) is 81.1 cm³/mol. The molecule has 1 atom stereocenters. The number of aromatic nitrogens is 1. The van der Waals surface area contributed by atoms with Crippen LogP contribution in [0.25, 0.3) is 0 Å². The first-order chi connectivity index (χ1) is 10.1. The number of rotatable bonds is 5. The van der Waals surface area contributed by atoms with Crippen LogP contribution in [0, 0.1) is 25.2 Å². The summed E-state index contributed by atoms with van der Waals surface area (Å²) >= 11 is 1.30. The van der Waals surface area contributed by atoms with Crippen LogP contribution in [-0.4, -0.2) is 35.9 Å². The van der Waals surface area contributed by atoms with Crippen LogP contribution in [0.1, 0.15) is 29.7 Å². The van der Waals surface area contributed by atoms with E-state index in [0.717, 1.165) is 30.7 Å². The second-order valence-electron chi connectivity index (χ2n) is 5.10. The number of carbonyl (C=O) groups excluding carboxylic acids is 1. The lowest BCUT2D eigenvalue weighted by Crippen LogP contribution is -2.32. The summed E-state index contributed by atoms with van der Waals surface area (Å²) in [5, 5.41) is 12.7. The standard InChI is InChI=1S/C15H19N3O2S/c1-10-6-11(2)18-15(13(10)7-16)21-9-14(19)17-8-12-4-3-5-20-12/h6,12H,3-5,8-9H2,1-2H3,(H,17,19). The number of nitrogens with one attached hydrogen (secondary N) is 1. The minimum absolute atomic E-state index is 0.0552. The van der Waals surface area contributed by atoms with Crippen LogP contribution in [0.15, 0.2) is 11.1 Å². The van der Waals surface area contributed by atoms with E-state index in [4.69, 9.17) is 4.74 Å². The van der Waals surface area contributed by atoms with Gasteiger partial charge in [-0.1, -0.05) is 11.8 Å². The maximum absolute atomic E-state index is 11.8. The Morgan fingerprint density at radius 1 is 1.62 bits per heavy atom. The zero-order chi connectivity index (χ0) is 15.2. The monoisotopic (exact) mass is 305 g/mol. The van der Waals surface area contributed by atoms with Crippen molar-refractivity contribution in [1.29, 1.82) is 5.26 Å². The number of hydrogen-bond acceptors (Lipinski definition) is 5. The molecule has 0 saturated carbocycles. The summed E-state index contributed by atoms with van der Waals surface area (Å²) in [4.78, 5) is 16.2. The Hall–Kier alpha value is -1.58. The molecular formula is C15H19N3O2S. The van der Waals surface area contributed by atoms with Crippen LogP contribution in [0.5, 0.6) is 0 Å². The van der Waals surface area contributed by atoms with Crippen molar-refractivity contribution in [2.24, 2.45) is 0 Å². The SMILES string of the molecule is Cc1cc(C)c(C#N)c(SCC(=O)NCC2CCCO2)n1. The van der Waals surface area contributed by atoms with Crippen LogP contribution < -0.4 is 5.32 Å². The number of ether oxygens (including phenoxy) is 1. The van der Waals surface area contributed by atoms with Gasteiger partial charge in [0.2, 0.25) is 5.91 Å². The van der Waals surface area contributed by atoms with E-state index in [1.54, 1.807) is 0 Å². The second kappa shape index (κ2) is 7.43. The molecule has 0 radical (unpaired) electrons. The molecule has 1 fully saturated rings. The van der Waals surface area contributed by atoms with Crippen molar-refractivity contribution in [1.82, 2.24) is 10.3 Å². The summed E-state index contributed by atoms with van der Waals surface area (Å²) in [6, 6.07) is 4.03. The minimum atomic E-state index is -0.0552. The lowest BCUT2D eigenvalue weighted by Gasteiger charge is -2.11. The molecule has 112 valence electrons. The molecule has 1 N–H and O–H groups in total. The fraction of sp³-hybridized carbons (Fsp3) is 0.533. The number of amides is 1. The summed E-state index contributed by atoms with van der Waals surface area (Å²) in [5.74, 6) is 0.206. The maximum Gasteiger partial charge on any atom is 0.230 e. The Morgan fingerprint density at radius 2 is 2.43 bits per heavy atom. The number of nitrogens with zero attached hydrogens (tertiary/aromatic N) is 2. The molecule has 1 saturated heterocycles. The van der Waals surface area contributed by atoms with Gasteiger partial charge in [0.15, 0.2) is 0 Å². The molecule has 1 aromatic heterocycles. The Labute approximate surface area is 129 Å². The van der Waals surface area contributed by atoms with Gasteiger partial charge >= 0.3 is 0 Å². The summed E-state index contributed by atoms with van der Waals surface area (Å²) in [5.41, 5.74) is 2.30. The van der Waals surface area contributed by atoms with E-state index in [9.17, 15) is 10.1 Å². The Morgan fingerprint density at radius 3 is 3.10 bits per heavy atom. The predicted octanol–water partition coefficient (Wildman–Crippen LogP) is 1.96. The molecule has 21 heavy (non-hydrogen) atoms. The van der Waals surface area contributed by atoms with Crippen molar-refractivity contribution < 1.29 is 9.53 Å². The molecule has 1 aromatic rings. The van der Waals surface area contributed by atoms with Crippen molar-refractivity contribution >= 4 is 17.7 Å². The van der Waals surface area contributed by atoms with Gasteiger partial charge < -0.3 is 10.1 Å². The highest BCUT2D eigenvalue weighted by molar-refractivity contribution is 8.00. The molecule has 5 nitrogen and oxygen atoms in total. The van der Waals surface area contributed by atoms with Gasteiger partial charge in [-0.05, 0) is 38.3 Å². The molecule has 1 unspecified atom stereocenters. The van der Waals surface area contributed by atoms with Gasteiger partial charge in [-0.25, -0.2) is 4.98 Å². The molecule has 1 amide bonds. The van der Waals surface area contributed by atoms with E-state index in [2.05, 4.69) is 16.4 Å². The Kier molecular flexibility index (Phi) is 5.59. The molecule has 0 aliphatic carbocycles. The van der Waals surface area contributed by atoms with Gasteiger partial charge in [0.25, 0.3) is 0 Å². The van der Waals surface area contributed by atoms with Crippen molar-refractivity contribution in [3.05, 3.63) is 22.9 Å². The van der Waals surface area contributed by atoms with Gasteiger partial charge in [-0.2, -0.15) is 5.26 Å². The van der Waals surface area contributed by atoms with Crippen LogP contribution in [-0.2, 0) is 9.53 Å². The van der Waals surface area contributed by atoms with Crippen LogP contribution >= 0.6 is 11.8 Å². The van der Waals surface area contributed by atoms with Crippen molar-refractivity contribution in [3.63, 3.8) is 0 Å². The summed E-state index contributed by atoms with van der Waals surface area (Å²) in [7, 11) is 0. The van der Waals surface area contributed by atoms with Crippen molar-refractivity contribution in [2.45, 2.75) is 37.8 Å². The lowest BCUT2D eigenvalue weighted by atomic mass is 10.1. The second-order valence-corrected chi connectivity index (χ2v) is 6.06. The average Bonchev–Trinajstić information content (AvgIpc) is 2.95. The number of nitriles is 1. The fourth-order valence-corrected chi connectivity index (χ4v) is 3.19. The summed E-state index contributed by atoms with van der Waals surface area (Å²) in [6.45, 7) is 5.11. The highest BCUT2D eigenvalue weighted by Crippen LogP contribution is 2.23. The first-order valence-electron chi connectivity index (χ1n) is 6.99. The first kappa shape index (κ1) is 15.8. The zero-order valence-corrected chi connectivity index (χ0v) is 13.1. The van der Waals surface area contributed by atoms with Gasteiger partial charge in [0, 0.05) is 18.8 Å². The van der Waals surface area contributed by atoms with E-state index in [-0.39, 0.29) is 17.8 Å². The third-order valence-corrected chi connectivity index (χ3v) is 4.29. The van der Waals surface area contributed by atoms with E-state index < -0.39 is 0 Å². The topological polar surface area (TPSA) is 75.0 Å². The maximum atomic E-state index is 11.8. The van der Waals surface area contributed by atoms with Crippen molar-refractivity contribution in [3.8, 4) is 6.07 Å². The van der Waals surface area contributed by atoms with E-state index in [1.807, 2.05) is 19.9 Å².